The van der Waals surface area contributed by atoms with E-state index in [2.05, 4.69) is 88.8 Å². The molecular weight excluding hydrogens is 700 g/mol. The molecule has 10 rings (SSSR count). The largest absolute Gasteiger partial charge is 0.416 e. The van der Waals surface area contributed by atoms with Gasteiger partial charge in [-0.2, -0.15) is 13.2 Å². The highest BCUT2D eigenvalue weighted by Crippen LogP contribution is 2.47. The number of halogens is 3. The van der Waals surface area contributed by atoms with Crippen LogP contribution in [0.5, 0.6) is 0 Å². The predicted molar refractivity (Wildman–Crippen MR) is 222 cm³/mol. The molecule has 0 aliphatic heterocycles. The van der Waals surface area contributed by atoms with E-state index in [0.717, 1.165) is 82.3 Å². The van der Waals surface area contributed by atoms with Gasteiger partial charge in [0.15, 0.2) is 5.82 Å². The first kappa shape index (κ1) is 33.4. The van der Waals surface area contributed by atoms with Crippen LogP contribution < -0.4 is 0 Å². The zero-order chi connectivity index (χ0) is 37.8. The van der Waals surface area contributed by atoms with Gasteiger partial charge in [0, 0.05) is 18.0 Å². The molecule has 0 bridgehead atoms. The zero-order valence-electron chi connectivity index (χ0n) is 29.8. The van der Waals surface area contributed by atoms with Crippen LogP contribution in [0, 0.1) is 0 Å². The highest BCUT2D eigenvalue weighted by Gasteiger charge is 2.31. The van der Waals surface area contributed by atoms with Gasteiger partial charge in [-0.05, 0) is 125 Å². The van der Waals surface area contributed by atoms with Gasteiger partial charge >= 0.3 is 6.18 Å². The van der Waals surface area contributed by atoms with Gasteiger partial charge < -0.3 is 0 Å². The van der Waals surface area contributed by atoms with Crippen molar-refractivity contribution in [2.45, 2.75) is 6.18 Å². The van der Waals surface area contributed by atoms with Gasteiger partial charge in [-0.25, -0.2) is 15.0 Å². The van der Waals surface area contributed by atoms with Crippen molar-refractivity contribution in [2.75, 3.05) is 0 Å². The first-order chi connectivity index (χ1) is 27.4. The van der Waals surface area contributed by atoms with E-state index in [1.807, 2.05) is 66.7 Å². The molecule has 0 aliphatic carbocycles. The Morgan fingerprint density at radius 3 is 1.50 bits per heavy atom. The third-order valence-electron chi connectivity index (χ3n) is 10.6. The summed E-state index contributed by atoms with van der Waals surface area (Å²) in [5, 5.41) is 7.37. The first-order valence-corrected chi connectivity index (χ1v) is 18.3. The summed E-state index contributed by atoms with van der Waals surface area (Å²) in [6.45, 7) is 0. The molecule has 3 nitrogen and oxygen atoms in total. The van der Waals surface area contributed by atoms with E-state index in [9.17, 15) is 13.2 Å². The fourth-order valence-electron chi connectivity index (χ4n) is 7.88. The van der Waals surface area contributed by atoms with Gasteiger partial charge in [0.2, 0.25) is 0 Å². The monoisotopic (exact) mass is 729 g/mol. The highest BCUT2D eigenvalue weighted by molar-refractivity contribution is 6.22. The molecule has 56 heavy (non-hydrogen) atoms. The number of rotatable bonds is 5. The first-order valence-electron chi connectivity index (χ1n) is 18.3. The minimum Gasteiger partial charge on any atom is -0.244 e. The van der Waals surface area contributed by atoms with Gasteiger partial charge in [-0.3, -0.25) is 0 Å². The standard InChI is InChI=1S/C50H30F3N3/c51-50(52,53)40-22-24-42-44(30-40)48(39-20-16-32-8-2-4-10-36(32)28-39)41-23-21-37(29-43(41)47(42)38-19-15-31-7-1-3-9-35(31)27-38)33-13-17-34(18-14-33)45-11-5-12-46(56-45)49-54-25-6-26-55-49/h1-30H. The van der Waals surface area contributed by atoms with E-state index < -0.39 is 11.7 Å². The fraction of sp³-hybridized carbons (Fsp3) is 0.0200. The molecule has 6 heteroatoms. The summed E-state index contributed by atoms with van der Waals surface area (Å²) in [5.41, 5.74) is 7.22. The second-order valence-electron chi connectivity index (χ2n) is 14.0. The van der Waals surface area contributed by atoms with Gasteiger partial charge in [-0.15, -0.1) is 0 Å². The maximum Gasteiger partial charge on any atom is 0.416 e. The lowest BCUT2D eigenvalue weighted by Gasteiger charge is -2.20. The number of nitrogens with zero attached hydrogens (tertiary/aromatic N) is 3. The molecule has 0 atom stereocenters. The van der Waals surface area contributed by atoms with Crippen molar-refractivity contribution < 1.29 is 13.2 Å². The van der Waals surface area contributed by atoms with Crippen molar-refractivity contribution in [3.8, 4) is 56.2 Å². The van der Waals surface area contributed by atoms with Gasteiger partial charge in [0.1, 0.15) is 5.69 Å². The van der Waals surface area contributed by atoms with Crippen molar-refractivity contribution in [3.05, 3.63) is 188 Å². The van der Waals surface area contributed by atoms with Crippen LogP contribution in [0.4, 0.5) is 13.2 Å². The van der Waals surface area contributed by atoms with E-state index in [-0.39, 0.29) is 0 Å². The van der Waals surface area contributed by atoms with E-state index in [0.29, 0.717) is 16.9 Å². The van der Waals surface area contributed by atoms with E-state index >= 15 is 0 Å². The zero-order valence-corrected chi connectivity index (χ0v) is 29.8. The van der Waals surface area contributed by atoms with Crippen molar-refractivity contribution in [1.29, 1.82) is 0 Å². The Balaban J connectivity index is 1.20. The molecule has 0 unspecified atom stereocenters. The van der Waals surface area contributed by atoms with E-state index in [1.54, 1.807) is 24.5 Å². The Labute approximate surface area is 320 Å². The number of hydrogen-bond acceptors (Lipinski definition) is 3. The van der Waals surface area contributed by atoms with Crippen LogP contribution in [0.2, 0.25) is 0 Å². The van der Waals surface area contributed by atoms with Crippen molar-refractivity contribution in [2.24, 2.45) is 0 Å². The number of fused-ring (bicyclic) bond motifs is 4. The molecule has 0 radical (unpaired) electrons. The number of hydrogen-bond donors (Lipinski definition) is 0. The van der Waals surface area contributed by atoms with Gasteiger partial charge in [0.25, 0.3) is 0 Å². The average molecular weight is 730 g/mol. The highest BCUT2D eigenvalue weighted by atomic mass is 19.4. The maximum absolute atomic E-state index is 14.4. The van der Waals surface area contributed by atoms with Gasteiger partial charge in [0.05, 0.1) is 11.3 Å². The fourth-order valence-corrected chi connectivity index (χ4v) is 7.88. The van der Waals surface area contributed by atoms with Crippen molar-refractivity contribution in [3.63, 3.8) is 0 Å². The summed E-state index contributed by atoms with van der Waals surface area (Å²) in [4.78, 5) is 13.5. The number of benzene rings is 8. The third kappa shape index (κ3) is 5.92. The maximum atomic E-state index is 14.4. The smallest absolute Gasteiger partial charge is 0.244 e. The van der Waals surface area contributed by atoms with Crippen LogP contribution >= 0.6 is 0 Å². The normalized spacial score (nSPS) is 11.8. The summed E-state index contributed by atoms with van der Waals surface area (Å²) < 4.78 is 43.3. The van der Waals surface area contributed by atoms with Crippen LogP contribution in [0.25, 0.3) is 99.2 Å². The molecule has 0 fully saturated rings. The molecule has 266 valence electrons. The lowest BCUT2D eigenvalue weighted by Crippen LogP contribution is -2.05. The summed E-state index contributed by atoms with van der Waals surface area (Å²) in [7, 11) is 0. The van der Waals surface area contributed by atoms with Crippen molar-refractivity contribution in [1.82, 2.24) is 15.0 Å². The summed E-state index contributed by atoms with van der Waals surface area (Å²) in [6, 6.07) is 55.0. The Hall–Kier alpha value is -7.18. The molecule has 10 aromatic rings. The molecule has 0 aliphatic rings. The lowest BCUT2D eigenvalue weighted by molar-refractivity contribution is -0.137. The summed E-state index contributed by atoms with van der Waals surface area (Å²) in [5.74, 6) is 0.564. The molecule has 0 saturated heterocycles. The van der Waals surface area contributed by atoms with Crippen LogP contribution in [0.1, 0.15) is 5.56 Å². The Morgan fingerprint density at radius 2 is 0.875 bits per heavy atom. The van der Waals surface area contributed by atoms with Crippen LogP contribution in [0.3, 0.4) is 0 Å². The number of alkyl halides is 3. The number of aromatic nitrogens is 3. The molecule has 0 saturated carbocycles. The Morgan fingerprint density at radius 1 is 0.357 bits per heavy atom. The molecule has 0 N–H and O–H groups in total. The Bertz CT molecular complexity index is 3120. The molecule has 2 heterocycles. The molecule has 0 amide bonds. The third-order valence-corrected chi connectivity index (χ3v) is 10.6. The minimum absolute atomic E-state index is 0.554. The predicted octanol–water partition coefficient (Wildman–Crippen LogP) is 13.8. The van der Waals surface area contributed by atoms with Gasteiger partial charge in [-0.1, -0.05) is 121 Å². The van der Waals surface area contributed by atoms with Crippen LogP contribution in [-0.2, 0) is 6.18 Å². The van der Waals surface area contributed by atoms with Crippen LogP contribution in [0.15, 0.2) is 182 Å². The quantitative estimate of drug-likeness (QED) is 0.166. The van der Waals surface area contributed by atoms with Crippen molar-refractivity contribution >= 4 is 43.1 Å². The minimum atomic E-state index is -4.50. The molecule has 2 aromatic heterocycles. The Kier molecular flexibility index (Phi) is 7.92. The second-order valence-corrected chi connectivity index (χ2v) is 14.0. The molecular formula is C50H30F3N3. The summed E-state index contributed by atoms with van der Waals surface area (Å²) in [6.07, 6.45) is -1.10. The summed E-state index contributed by atoms with van der Waals surface area (Å²) >= 11 is 0. The molecule has 8 aromatic carbocycles. The molecule has 0 spiro atoms. The van der Waals surface area contributed by atoms with E-state index in [1.165, 1.54) is 12.1 Å². The van der Waals surface area contributed by atoms with E-state index in [4.69, 9.17) is 4.98 Å². The second kappa shape index (κ2) is 13.3. The lowest BCUT2D eigenvalue weighted by atomic mass is 9.83. The van der Waals surface area contributed by atoms with Crippen LogP contribution in [-0.4, -0.2) is 15.0 Å². The topological polar surface area (TPSA) is 38.7 Å². The number of pyridine rings is 1. The average Bonchev–Trinajstić information content (AvgIpc) is 3.25. The SMILES string of the molecule is FC(F)(F)c1ccc2c(-c3ccc4ccccc4c3)c3cc(-c4ccc(-c5cccc(-c6ncccn6)n5)cc4)ccc3c(-c3ccc4ccccc4c3)c2c1.